The summed E-state index contributed by atoms with van der Waals surface area (Å²) >= 11 is 0. The van der Waals surface area contributed by atoms with E-state index in [1.807, 2.05) is 0 Å². The Kier molecular flexibility index (Phi) is 2.69. The maximum Gasteiger partial charge on any atom is 0.471 e. The van der Waals surface area contributed by atoms with Crippen LogP contribution in [0.3, 0.4) is 0 Å². The molecule has 1 aliphatic rings. The normalized spacial score (nSPS) is 22.6. The molecule has 1 rings (SSSR count). The van der Waals surface area contributed by atoms with Crippen molar-refractivity contribution >= 4 is 5.91 Å². The fourth-order valence-electron chi connectivity index (χ4n) is 1.37. The molecule has 0 unspecified atom stereocenters. The molecule has 0 aromatic heterocycles. The van der Waals surface area contributed by atoms with Gasteiger partial charge in [0.05, 0.1) is 0 Å². The molecule has 1 saturated heterocycles. The van der Waals surface area contributed by atoms with Crippen molar-refractivity contribution in [3.05, 3.63) is 24.8 Å². The summed E-state index contributed by atoms with van der Waals surface area (Å²) < 4.78 is 36.0. The van der Waals surface area contributed by atoms with E-state index in [1.165, 1.54) is 6.08 Å². The molecule has 0 bridgehead atoms. The summed E-state index contributed by atoms with van der Waals surface area (Å²) in [5.41, 5.74) is 0.595. The second-order valence-electron chi connectivity index (χ2n) is 3.18. The Balaban J connectivity index is 2.71. The van der Waals surface area contributed by atoms with Crippen LogP contribution in [0.1, 0.15) is 0 Å². The molecule has 1 heterocycles. The van der Waals surface area contributed by atoms with Crippen LogP contribution in [0.2, 0.25) is 0 Å². The molecule has 0 saturated carbocycles. The number of nitrogens with zero attached hydrogens (tertiary/aromatic N) is 1. The van der Waals surface area contributed by atoms with E-state index in [0.717, 1.165) is 4.90 Å². The molecule has 0 aliphatic carbocycles. The van der Waals surface area contributed by atoms with E-state index >= 15 is 0 Å². The van der Waals surface area contributed by atoms with Crippen LogP contribution in [-0.2, 0) is 4.79 Å². The van der Waals surface area contributed by atoms with Gasteiger partial charge >= 0.3 is 12.1 Å². The van der Waals surface area contributed by atoms with Crippen LogP contribution in [-0.4, -0.2) is 30.1 Å². The summed E-state index contributed by atoms with van der Waals surface area (Å²) in [5.74, 6) is -2.02. The fraction of sp³-hybridized carbons (Fsp3) is 0.444. The Morgan fingerprint density at radius 3 is 2.50 bits per heavy atom. The summed E-state index contributed by atoms with van der Waals surface area (Å²) in [7, 11) is 0. The molecule has 0 radical (unpaired) electrons. The number of halogens is 3. The summed E-state index contributed by atoms with van der Waals surface area (Å²) in [6.07, 6.45) is -3.29. The average Bonchev–Trinajstić information content (AvgIpc) is 2.43. The lowest BCUT2D eigenvalue weighted by atomic mass is 10.1. The van der Waals surface area contributed by atoms with Crippen molar-refractivity contribution in [2.24, 2.45) is 5.92 Å². The number of carbonyl (C=O) groups excluding carboxylic acids is 1. The highest BCUT2D eigenvalue weighted by molar-refractivity contribution is 5.82. The highest BCUT2D eigenvalue weighted by Gasteiger charge is 2.44. The van der Waals surface area contributed by atoms with Gasteiger partial charge in [-0.3, -0.25) is 4.79 Å². The van der Waals surface area contributed by atoms with Crippen LogP contribution in [0.4, 0.5) is 13.2 Å². The fourth-order valence-corrected chi connectivity index (χ4v) is 1.37. The van der Waals surface area contributed by atoms with Crippen molar-refractivity contribution in [1.82, 2.24) is 4.90 Å². The third kappa shape index (κ3) is 1.97. The average molecular weight is 205 g/mol. The Hall–Kier alpha value is -1.26. The quantitative estimate of drug-likeness (QED) is 0.597. The number of hydrogen-bond donors (Lipinski definition) is 0. The highest BCUT2D eigenvalue weighted by atomic mass is 19.4. The first kappa shape index (κ1) is 10.8. The summed E-state index contributed by atoms with van der Waals surface area (Å²) in [6.45, 7) is 7.05. The number of rotatable bonds is 1. The van der Waals surface area contributed by atoms with E-state index in [0.29, 0.717) is 5.57 Å². The van der Waals surface area contributed by atoms with E-state index in [2.05, 4.69) is 13.2 Å². The van der Waals surface area contributed by atoms with Gasteiger partial charge in [-0.05, 0) is 5.57 Å². The minimum absolute atomic E-state index is 0.0284. The number of likely N-dealkylation sites (tertiary alicyclic amines) is 1. The van der Waals surface area contributed by atoms with Crippen molar-refractivity contribution in [2.75, 3.05) is 13.1 Å². The predicted molar refractivity (Wildman–Crippen MR) is 45.5 cm³/mol. The second kappa shape index (κ2) is 3.48. The van der Waals surface area contributed by atoms with Gasteiger partial charge in [-0.1, -0.05) is 12.7 Å². The molecule has 1 amide bonds. The molecule has 1 atom stereocenters. The lowest BCUT2D eigenvalue weighted by molar-refractivity contribution is -0.184. The highest BCUT2D eigenvalue weighted by Crippen LogP contribution is 2.26. The molecule has 0 aromatic rings. The number of alkyl halides is 3. The molecule has 0 aromatic carbocycles. The molecule has 1 aliphatic heterocycles. The molecule has 78 valence electrons. The van der Waals surface area contributed by atoms with E-state index in [-0.39, 0.29) is 19.0 Å². The first-order valence-electron chi connectivity index (χ1n) is 4.02. The van der Waals surface area contributed by atoms with Crippen molar-refractivity contribution in [3.8, 4) is 0 Å². The maximum atomic E-state index is 12.0. The second-order valence-corrected chi connectivity index (χ2v) is 3.18. The Morgan fingerprint density at radius 1 is 1.57 bits per heavy atom. The number of carbonyl (C=O) groups is 1. The van der Waals surface area contributed by atoms with Gasteiger partial charge in [0, 0.05) is 19.0 Å². The monoisotopic (exact) mass is 205 g/mol. The predicted octanol–water partition coefficient (Wildman–Crippen LogP) is 1.75. The van der Waals surface area contributed by atoms with Crippen molar-refractivity contribution in [2.45, 2.75) is 6.18 Å². The summed E-state index contributed by atoms with van der Waals surface area (Å²) in [4.78, 5) is 11.5. The zero-order chi connectivity index (χ0) is 10.9. The third-order valence-corrected chi connectivity index (χ3v) is 2.15. The molecule has 0 N–H and O–H groups in total. The Labute approximate surface area is 79.7 Å². The van der Waals surface area contributed by atoms with Crippen LogP contribution in [0, 0.1) is 5.92 Å². The SMILES string of the molecule is C=C[C@H]1CN(C(=O)C(F)(F)F)CC1=C. The van der Waals surface area contributed by atoms with Crippen LogP contribution >= 0.6 is 0 Å². The zero-order valence-electron chi connectivity index (χ0n) is 7.47. The minimum Gasteiger partial charge on any atom is -0.330 e. The number of amides is 1. The van der Waals surface area contributed by atoms with E-state index in [9.17, 15) is 18.0 Å². The van der Waals surface area contributed by atoms with E-state index < -0.39 is 12.1 Å². The standard InChI is InChI=1S/C9H10F3NO/c1-3-7-5-13(4-6(7)2)8(14)9(10,11)12/h3,7H,1-2,4-5H2/t7-/m0/s1. The maximum absolute atomic E-state index is 12.0. The molecule has 1 fully saturated rings. The Morgan fingerprint density at radius 2 is 2.14 bits per heavy atom. The molecular formula is C9H10F3NO. The molecule has 0 spiro atoms. The van der Waals surface area contributed by atoms with Crippen LogP contribution < -0.4 is 0 Å². The molecule has 5 heteroatoms. The number of hydrogen-bond acceptors (Lipinski definition) is 1. The molecule has 14 heavy (non-hydrogen) atoms. The van der Waals surface area contributed by atoms with Gasteiger partial charge in [-0.15, -0.1) is 6.58 Å². The van der Waals surface area contributed by atoms with Crippen LogP contribution in [0.15, 0.2) is 24.8 Å². The lowest BCUT2D eigenvalue weighted by Crippen LogP contribution is -2.39. The van der Waals surface area contributed by atoms with Crippen molar-refractivity contribution in [1.29, 1.82) is 0 Å². The minimum atomic E-state index is -4.80. The lowest BCUT2D eigenvalue weighted by Gasteiger charge is -2.16. The zero-order valence-corrected chi connectivity index (χ0v) is 7.47. The molecule has 2 nitrogen and oxygen atoms in total. The van der Waals surface area contributed by atoms with Gasteiger partial charge in [0.2, 0.25) is 0 Å². The smallest absolute Gasteiger partial charge is 0.330 e. The Bertz CT molecular complexity index is 282. The first-order chi connectivity index (χ1) is 6.36. The van der Waals surface area contributed by atoms with Gasteiger partial charge < -0.3 is 4.90 Å². The van der Waals surface area contributed by atoms with Gasteiger partial charge in [0.25, 0.3) is 0 Å². The topological polar surface area (TPSA) is 20.3 Å². The summed E-state index contributed by atoms with van der Waals surface area (Å²) in [5, 5.41) is 0. The van der Waals surface area contributed by atoms with Crippen molar-refractivity contribution < 1.29 is 18.0 Å². The van der Waals surface area contributed by atoms with Gasteiger partial charge in [0.15, 0.2) is 0 Å². The molecular weight excluding hydrogens is 195 g/mol. The summed E-state index contributed by atoms with van der Waals surface area (Å²) in [6, 6.07) is 0. The van der Waals surface area contributed by atoms with Gasteiger partial charge in [-0.25, -0.2) is 0 Å². The van der Waals surface area contributed by atoms with Gasteiger partial charge in [-0.2, -0.15) is 13.2 Å². The van der Waals surface area contributed by atoms with E-state index in [4.69, 9.17) is 0 Å². The first-order valence-corrected chi connectivity index (χ1v) is 4.02. The third-order valence-electron chi connectivity index (χ3n) is 2.15. The van der Waals surface area contributed by atoms with E-state index in [1.54, 1.807) is 0 Å². The van der Waals surface area contributed by atoms with Crippen molar-refractivity contribution in [3.63, 3.8) is 0 Å². The van der Waals surface area contributed by atoms with Crippen LogP contribution in [0.5, 0.6) is 0 Å². The van der Waals surface area contributed by atoms with Crippen LogP contribution in [0.25, 0.3) is 0 Å². The largest absolute Gasteiger partial charge is 0.471 e. The van der Waals surface area contributed by atoms with Gasteiger partial charge in [0.1, 0.15) is 0 Å².